The fourth-order valence-electron chi connectivity index (χ4n) is 4.24. The highest BCUT2D eigenvalue weighted by Gasteiger charge is 2.27. The fourth-order valence-corrected chi connectivity index (χ4v) is 4.24. The maximum atomic E-state index is 11.9. The van der Waals surface area contributed by atoms with E-state index in [1.807, 2.05) is 36.4 Å². The third-order valence-corrected chi connectivity index (χ3v) is 6.37. The SMILES string of the molecule is CC(C)(c1ccc(Oc2ccc(N3C(=O)C=CC3=O)cc2)cc1)c1ccc(N2C(=O)C=CC2=O)cc1. The number of ether oxygens (including phenoxy) is 1. The number of hydrogen-bond donors (Lipinski definition) is 0. The third kappa shape index (κ3) is 4.11. The van der Waals surface area contributed by atoms with E-state index in [4.69, 9.17) is 4.74 Å². The summed E-state index contributed by atoms with van der Waals surface area (Å²) < 4.78 is 5.94. The smallest absolute Gasteiger partial charge is 0.258 e. The molecule has 3 aromatic carbocycles. The zero-order chi connectivity index (χ0) is 25.4. The Morgan fingerprint density at radius 2 is 0.806 bits per heavy atom. The molecule has 7 nitrogen and oxygen atoms in total. The summed E-state index contributed by atoms with van der Waals surface area (Å²) in [4.78, 5) is 49.8. The van der Waals surface area contributed by atoms with E-state index >= 15 is 0 Å². The second kappa shape index (κ2) is 8.78. The summed E-state index contributed by atoms with van der Waals surface area (Å²) in [6.07, 6.45) is 5.03. The molecule has 3 aromatic rings. The molecule has 0 spiro atoms. The van der Waals surface area contributed by atoms with Gasteiger partial charge in [0.1, 0.15) is 11.5 Å². The van der Waals surface area contributed by atoms with E-state index in [9.17, 15) is 19.2 Å². The Morgan fingerprint density at radius 3 is 1.19 bits per heavy atom. The van der Waals surface area contributed by atoms with Gasteiger partial charge in [0.25, 0.3) is 23.6 Å². The van der Waals surface area contributed by atoms with Crippen molar-refractivity contribution in [1.82, 2.24) is 0 Å². The Morgan fingerprint density at radius 1 is 0.500 bits per heavy atom. The molecule has 0 bridgehead atoms. The number of carbonyl (C=O) groups is 4. The molecule has 5 rings (SSSR count). The van der Waals surface area contributed by atoms with Gasteiger partial charge in [0.05, 0.1) is 11.4 Å². The topological polar surface area (TPSA) is 84.0 Å². The van der Waals surface area contributed by atoms with Crippen LogP contribution in [0, 0.1) is 0 Å². The third-order valence-electron chi connectivity index (χ3n) is 6.37. The van der Waals surface area contributed by atoms with Gasteiger partial charge in [0.15, 0.2) is 0 Å². The summed E-state index contributed by atoms with van der Waals surface area (Å²) in [6, 6.07) is 21.9. The molecule has 4 amide bonds. The van der Waals surface area contributed by atoms with Crippen LogP contribution in [0.4, 0.5) is 11.4 Å². The van der Waals surface area contributed by atoms with E-state index in [1.54, 1.807) is 36.4 Å². The lowest BCUT2D eigenvalue weighted by molar-refractivity contribution is -0.121. The zero-order valence-corrected chi connectivity index (χ0v) is 19.7. The summed E-state index contributed by atoms with van der Waals surface area (Å²) >= 11 is 0. The second-order valence-corrected chi connectivity index (χ2v) is 8.98. The summed E-state index contributed by atoms with van der Waals surface area (Å²) in [5.41, 5.74) is 2.78. The van der Waals surface area contributed by atoms with Gasteiger partial charge in [-0.05, 0) is 59.7 Å². The fraction of sp³-hybridized carbons (Fsp3) is 0.103. The molecule has 2 aliphatic rings. The van der Waals surface area contributed by atoms with Crippen molar-refractivity contribution in [3.05, 3.63) is 108 Å². The van der Waals surface area contributed by atoms with Crippen molar-refractivity contribution < 1.29 is 23.9 Å². The first-order chi connectivity index (χ1) is 17.2. The lowest BCUT2D eigenvalue weighted by Crippen LogP contribution is -2.29. The largest absolute Gasteiger partial charge is 0.457 e. The molecule has 0 unspecified atom stereocenters. The van der Waals surface area contributed by atoms with Crippen molar-refractivity contribution >= 4 is 35.0 Å². The monoisotopic (exact) mass is 478 g/mol. The molecule has 2 heterocycles. The van der Waals surface area contributed by atoms with Crippen LogP contribution in [0.5, 0.6) is 11.5 Å². The first-order valence-corrected chi connectivity index (χ1v) is 11.4. The molecule has 0 aromatic heterocycles. The summed E-state index contributed by atoms with van der Waals surface area (Å²) in [5, 5.41) is 0. The van der Waals surface area contributed by atoms with Gasteiger partial charge in [0.2, 0.25) is 0 Å². The molecule has 0 fully saturated rings. The Bertz CT molecular complexity index is 1400. The normalized spacial score (nSPS) is 15.4. The minimum Gasteiger partial charge on any atom is -0.457 e. The van der Waals surface area contributed by atoms with E-state index in [-0.39, 0.29) is 29.0 Å². The number of anilines is 2. The van der Waals surface area contributed by atoms with Crippen LogP contribution in [0.1, 0.15) is 25.0 Å². The number of hydrogen-bond acceptors (Lipinski definition) is 5. The van der Waals surface area contributed by atoms with Gasteiger partial charge in [-0.1, -0.05) is 38.1 Å². The lowest BCUT2D eigenvalue weighted by atomic mass is 9.78. The number of imide groups is 2. The highest BCUT2D eigenvalue weighted by atomic mass is 16.5. The molecule has 36 heavy (non-hydrogen) atoms. The quantitative estimate of drug-likeness (QED) is 0.481. The molecule has 0 saturated heterocycles. The highest BCUT2D eigenvalue weighted by Crippen LogP contribution is 2.35. The second-order valence-electron chi connectivity index (χ2n) is 8.98. The molecule has 0 aliphatic carbocycles. The summed E-state index contributed by atoms with van der Waals surface area (Å²) in [7, 11) is 0. The molecular weight excluding hydrogens is 456 g/mol. The van der Waals surface area contributed by atoms with Crippen LogP contribution in [-0.4, -0.2) is 23.6 Å². The van der Waals surface area contributed by atoms with Crippen molar-refractivity contribution in [1.29, 1.82) is 0 Å². The molecule has 2 aliphatic heterocycles. The van der Waals surface area contributed by atoms with Crippen LogP contribution >= 0.6 is 0 Å². The van der Waals surface area contributed by atoms with E-state index in [0.717, 1.165) is 20.9 Å². The van der Waals surface area contributed by atoms with Crippen LogP contribution in [0.3, 0.4) is 0 Å². The van der Waals surface area contributed by atoms with Crippen molar-refractivity contribution in [2.24, 2.45) is 0 Å². The van der Waals surface area contributed by atoms with Gasteiger partial charge >= 0.3 is 0 Å². The minimum absolute atomic E-state index is 0.334. The van der Waals surface area contributed by atoms with Crippen LogP contribution in [0.25, 0.3) is 0 Å². The number of benzene rings is 3. The summed E-state index contributed by atoms with van der Waals surface area (Å²) in [5.74, 6) is -0.187. The van der Waals surface area contributed by atoms with Crippen molar-refractivity contribution in [2.45, 2.75) is 19.3 Å². The predicted molar refractivity (Wildman–Crippen MR) is 135 cm³/mol. The molecule has 0 radical (unpaired) electrons. The summed E-state index contributed by atoms with van der Waals surface area (Å²) in [6.45, 7) is 4.19. The maximum absolute atomic E-state index is 11.9. The van der Waals surface area contributed by atoms with Gasteiger partial charge in [-0.2, -0.15) is 0 Å². The first-order valence-electron chi connectivity index (χ1n) is 11.4. The maximum Gasteiger partial charge on any atom is 0.258 e. The molecule has 0 atom stereocenters. The highest BCUT2D eigenvalue weighted by molar-refractivity contribution is 6.28. The Balaban J connectivity index is 1.28. The van der Waals surface area contributed by atoms with Crippen molar-refractivity contribution in [2.75, 3.05) is 9.80 Å². The molecule has 0 saturated carbocycles. The molecular formula is C29H22N2O5. The number of amides is 4. The number of nitrogens with zero attached hydrogens (tertiary/aromatic N) is 2. The van der Waals surface area contributed by atoms with Gasteiger partial charge in [-0.15, -0.1) is 0 Å². The van der Waals surface area contributed by atoms with Crippen molar-refractivity contribution in [3.63, 3.8) is 0 Å². The van der Waals surface area contributed by atoms with Crippen LogP contribution in [0.15, 0.2) is 97.1 Å². The first kappa shape index (κ1) is 23.0. The van der Waals surface area contributed by atoms with Crippen molar-refractivity contribution in [3.8, 4) is 11.5 Å². The van der Waals surface area contributed by atoms with Crippen LogP contribution in [0.2, 0.25) is 0 Å². The van der Waals surface area contributed by atoms with E-state index in [1.165, 1.54) is 24.3 Å². The molecule has 0 N–H and O–H groups in total. The standard InChI is InChI=1S/C29H22N2O5/c1-29(2,19-3-7-21(8-4-19)30-25(32)15-16-26(30)33)20-5-11-23(12-6-20)36-24-13-9-22(10-14-24)31-27(34)17-18-28(31)35/h3-18H,1-2H3. The minimum atomic E-state index is -0.364. The average Bonchev–Trinajstić information content (AvgIpc) is 3.39. The van der Waals surface area contributed by atoms with Crippen LogP contribution in [-0.2, 0) is 24.6 Å². The van der Waals surface area contributed by atoms with Gasteiger partial charge in [0, 0.05) is 29.7 Å². The Labute approximate surface area is 207 Å². The number of carbonyl (C=O) groups excluding carboxylic acids is 4. The lowest BCUT2D eigenvalue weighted by Gasteiger charge is -2.27. The van der Waals surface area contributed by atoms with Gasteiger partial charge < -0.3 is 4.74 Å². The van der Waals surface area contributed by atoms with Crippen LogP contribution < -0.4 is 14.5 Å². The van der Waals surface area contributed by atoms with Gasteiger partial charge in [-0.3, -0.25) is 19.2 Å². The number of rotatable bonds is 6. The Hall–Kier alpha value is -4.78. The zero-order valence-electron chi connectivity index (χ0n) is 19.7. The van der Waals surface area contributed by atoms with E-state index in [2.05, 4.69) is 13.8 Å². The molecule has 7 heteroatoms. The predicted octanol–water partition coefficient (Wildman–Crippen LogP) is 4.66. The average molecular weight is 479 g/mol. The van der Waals surface area contributed by atoms with E-state index < -0.39 is 0 Å². The molecule has 178 valence electrons. The van der Waals surface area contributed by atoms with E-state index in [0.29, 0.717) is 22.9 Å². The Kier molecular flexibility index (Phi) is 5.60. The van der Waals surface area contributed by atoms with Gasteiger partial charge in [-0.25, -0.2) is 9.80 Å².